The summed E-state index contributed by atoms with van der Waals surface area (Å²) in [5, 5.41) is 0. The maximum atomic E-state index is 11.3. The highest BCUT2D eigenvalue weighted by atomic mass is 79.9. The first-order valence-electron chi connectivity index (χ1n) is 9.61. The van der Waals surface area contributed by atoms with Crippen molar-refractivity contribution in [1.82, 2.24) is 0 Å². The molecule has 0 atom stereocenters. The van der Waals surface area contributed by atoms with Crippen LogP contribution in [0.5, 0.6) is 11.5 Å². The summed E-state index contributed by atoms with van der Waals surface area (Å²) < 4.78 is 18.1. The van der Waals surface area contributed by atoms with Gasteiger partial charge in [0.1, 0.15) is 18.1 Å². The lowest BCUT2D eigenvalue weighted by Crippen LogP contribution is -2.13. The Kier molecular flexibility index (Phi) is 8.32. The highest BCUT2D eigenvalue weighted by Crippen LogP contribution is 2.27. The van der Waals surface area contributed by atoms with Crippen LogP contribution in [0.4, 0.5) is 0 Å². The number of rotatable bonds is 8. The van der Waals surface area contributed by atoms with Gasteiger partial charge in [0, 0.05) is 8.95 Å². The summed E-state index contributed by atoms with van der Waals surface area (Å²) in [5.41, 5.74) is 4.19. The van der Waals surface area contributed by atoms with Crippen molar-refractivity contribution in [2.75, 3.05) is 20.3 Å². The van der Waals surface area contributed by atoms with E-state index in [1.165, 1.54) is 7.11 Å². The predicted octanol–water partition coefficient (Wildman–Crippen LogP) is 6.58. The molecule has 0 fully saturated rings. The minimum atomic E-state index is -0.418. The molecule has 160 valence electrons. The Labute approximate surface area is 199 Å². The standard InChI is InChI=1S/C25H22Br2O4/c1-17-15-22(11-12-24(17)31-16-25(28)29-2)30-14-13-23(18-3-7-20(26)8-4-18)19-5-9-21(27)10-6-19/h3-13,15H,14,16H2,1-2H3. The second kappa shape index (κ2) is 11.2. The van der Waals surface area contributed by atoms with Crippen molar-refractivity contribution in [1.29, 1.82) is 0 Å². The van der Waals surface area contributed by atoms with Gasteiger partial charge in [0.2, 0.25) is 0 Å². The Bertz CT molecular complexity index is 1010. The van der Waals surface area contributed by atoms with E-state index in [0.717, 1.165) is 37.0 Å². The average Bonchev–Trinajstić information content (AvgIpc) is 2.77. The van der Waals surface area contributed by atoms with Gasteiger partial charge in [-0.2, -0.15) is 0 Å². The summed E-state index contributed by atoms with van der Waals surface area (Å²) in [4.78, 5) is 11.3. The molecule has 0 saturated carbocycles. The molecular formula is C25H22Br2O4. The van der Waals surface area contributed by atoms with E-state index >= 15 is 0 Å². The fourth-order valence-electron chi connectivity index (χ4n) is 2.95. The summed E-state index contributed by atoms with van der Waals surface area (Å²) in [7, 11) is 1.33. The molecule has 3 aromatic rings. The van der Waals surface area contributed by atoms with Gasteiger partial charge >= 0.3 is 5.97 Å². The first-order chi connectivity index (χ1) is 15.0. The van der Waals surface area contributed by atoms with Gasteiger partial charge in [-0.15, -0.1) is 0 Å². The number of hydrogen-bond donors (Lipinski definition) is 0. The van der Waals surface area contributed by atoms with Gasteiger partial charge in [0.05, 0.1) is 7.11 Å². The van der Waals surface area contributed by atoms with Gasteiger partial charge in [0.15, 0.2) is 6.61 Å². The van der Waals surface area contributed by atoms with Crippen LogP contribution >= 0.6 is 31.9 Å². The number of esters is 1. The molecule has 3 rings (SSSR count). The lowest BCUT2D eigenvalue weighted by Gasteiger charge is -2.12. The van der Waals surface area contributed by atoms with E-state index in [-0.39, 0.29) is 6.61 Å². The first-order valence-corrected chi connectivity index (χ1v) is 11.2. The number of halogens is 2. The number of carbonyl (C=O) groups is 1. The Morgan fingerprint density at radius 2 is 1.45 bits per heavy atom. The zero-order valence-corrected chi connectivity index (χ0v) is 20.4. The summed E-state index contributed by atoms with van der Waals surface area (Å²) in [6, 6.07) is 21.9. The molecule has 0 unspecified atom stereocenters. The van der Waals surface area contributed by atoms with Crippen molar-refractivity contribution >= 4 is 43.4 Å². The quantitative estimate of drug-likeness (QED) is 0.300. The first kappa shape index (κ1) is 23.1. The third-order valence-electron chi connectivity index (χ3n) is 4.57. The average molecular weight is 546 g/mol. The van der Waals surface area contributed by atoms with E-state index in [4.69, 9.17) is 9.47 Å². The second-order valence-corrected chi connectivity index (χ2v) is 8.57. The van der Waals surface area contributed by atoms with Crippen LogP contribution < -0.4 is 9.47 Å². The van der Waals surface area contributed by atoms with E-state index < -0.39 is 5.97 Å². The van der Waals surface area contributed by atoms with Crippen molar-refractivity contribution in [2.24, 2.45) is 0 Å². The maximum Gasteiger partial charge on any atom is 0.343 e. The maximum absolute atomic E-state index is 11.3. The highest BCUT2D eigenvalue weighted by molar-refractivity contribution is 9.10. The molecule has 0 bridgehead atoms. The van der Waals surface area contributed by atoms with E-state index in [9.17, 15) is 4.79 Å². The molecule has 31 heavy (non-hydrogen) atoms. The molecule has 0 aliphatic carbocycles. The molecule has 4 nitrogen and oxygen atoms in total. The topological polar surface area (TPSA) is 44.8 Å². The summed E-state index contributed by atoms with van der Waals surface area (Å²) in [6.45, 7) is 2.19. The van der Waals surface area contributed by atoms with E-state index in [2.05, 4.69) is 66.9 Å². The van der Waals surface area contributed by atoms with Crippen LogP contribution in [0.2, 0.25) is 0 Å². The summed E-state index contributed by atoms with van der Waals surface area (Å²) in [5.74, 6) is 0.933. The Balaban J connectivity index is 1.75. The smallest absolute Gasteiger partial charge is 0.343 e. The molecule has 0 aromatic heterocycles. The van der Waals surface area contributed by atoms with Crippen LogP contribution in [0, 0.1) is 6.92 Å². The van der Waals surface area contributed by atoms with E-state index in [1.807, 2.05) is 43.3 Å². The highest BCUT2D eigenvalue weighted by Gasteiger charge is 2.08. The zero-order chi connectivity index (χ0) is 22.2. The van der Waals surface area contributed by atoms with Crippen LogP contribution in [-0.2, 0) is 9.53 Å². The Morgan fingerprint density at radius 1 is 0.871 bits per heavy atom. The summed E-state index contributed by atoms with van der Waals surface area (Å²) in [6.07, 6.45) is 2.07. The molecular weight excluding hydrogens is 524 g/mol. The second-order valence-electron chi connectivity index (χ2n) is 6.73. The lowest BCUT2D eigenvalue weighted by atomic mass is 9.98. The number of aryl methyl sites for hydroxylation is 1. The third-order valence-corrected chi connectivity index (χ3v) is 5.62. The predicted molar refractivity (Wildman–Crippen MR) is 130 cm³/mol. The van der Waals surface area contributed by atoms with E-state index in [0.29, 0.717) is 12.4 Å². The fourth-order valence-corrected chi connectivity index (χ4v) is 3.48. The molecule has 0 radical (unpaired) electrons. The normalized spacial score (nSPS) is 10.3. The van der Waals surface area contributed by atoms with Gasteiger partial charge in [-0.1, -0.05) is 56.1 Å². The molecule has 0 heterocycles. The van der Waals surface area contributed by atoms with Crippen LogP contribution in [0.25, 0.3) is 5.57 Å². The molecule has 0 N–H and O–H groups in total. The van der Waals surface area contributed by atoms with Crippen molar-refractivity contribution in [2.45, 2.75) is 6.92 Å². The molecule has 6 heteroatoms. The lowest BCUT2D eigenvalue weighted by molar-refractivity contribution is -0.142. The fraction of sp³-hybridized carbons (Fsp3) is 0.160. The molecule has 0 spiro atoms. The number of benzene rings is 3. The van der Waals surface area contributed by atoms with Gasteiger partial charge in [-0.05, 0) is 77.7 Å². The Morgan fingerprint density at radius 3 is 1.97 bits per heavy atom. The Hall–Kier alpha value is -2.57. The molecule has 0 aliphatic rings. The van der Waals surface area contributed by atoms with Gasteiger partial charge in [0.25, 0.3) is 0 Å². The van der Waals surface area contributed by atoms with Crippen molar-refractivity contribution in [3.05, 3.63) is 98.4 Å². The monoisotopic (exact) mass is 544 g/mol. The van der Waals surface area contributed by atoms with E-state index in [1.54, 1.807) is 6.07 Å². The van der Waals surface area contributed by atoms with Crippen LogP contribution in [0.15, 0.2) is 81.8 Å². The minimum absolute atomic E-state index is 0.121. The minimum Gasteiger partial charge on any atom is -0.489 e. The SMILES string of the molecule is COC(=O)COc1ccc(OCC=C(c2ccc(Br)cc2)c2ccc(Br)cc2)cc1C. The third kappa shape index (κ3) is 6.71. The molecule has 0 saturated heterocycles. The van der Waals surface area contributed by atoms with Gasteiger partial charge in [-0.25, -0.2) is 4.79 Å². The number of hydrogen-bond acceptors (Lipinski definition) is 4. The number of carbonyl (C=O) groups excluding carboxylic acids is 1. The van der Waals surface area contributed by atoms with Crippen LogP contribution in [0.1, 0.15) is 16.7 Å². The largest absolute Gasteiger partial charge is 0.489 e. The molecule has 0 amide bonds. The number of methoxy groups -OCH3 is 1. The van der Waals surface area contributed by atoms with Crippen molar-refractivity contribution in [3.8, 4) is 11.5 Å². The van der Waals surface area contributed by atoms with Crippen LogP contribution in [0.3, 0.4) is 0 Å². The summed E-state index contributed by atoms with van der Waals surface area (Å²) >= 11 is 6.99. The van der Waals surface area contributed by atoms with Crippen molar-refractivity contribution < 1.29 is 19.0 Å². The molecule has 3 aromatic carbocycles. The zero-order valence-electron chi connectivity index (χ0n) is 17.2. The molecule has 0 aliphatic heterocycles. The number of ether oxygens (including phenoxy) is 3. The van der Waals surface area contributed by atoms with Crippen molar-refractivity contribution in [3.63, 3.8) is 0 Å². The van der Waals surface area contributed by atoms with Gasteiger partial charge < -0.3 is 14.2 Å². The van der Waals surface area contributed by atoms with Gasteiger partial charge in [-0.3, -0.25) is 0 Å². The van der Waals surface area contributed by atoms with Crippen LogP contribution in [-0.4, -0.2) is 26.3 Å².